The Morgan fingerprint density at radius 3 is 2.50 bits per heavy atom. The van der Waals surface area contributed by atoms with E-state index in [2.05, 4.69) is 0 Å². The molecule has 0 heterocycles. The first kappa shape index (κ1) is 15.5. The minimum atomic E-state index is -3.55. The third-order valence-corrected chi connectivity index (χ3v) is 6.19. The lowest BCUT2D eigenvalue weighted by Gasteiger charge is -2.34. The van der Waals surface area contributed by atoms with Gasteiger partial charge in [-0.15, -0.1) is 0 Å². The number of aryl methyl sites for hydroxylation is 2. The van der Waals surface area contributed by atoms with Crippen LogP contribution in [0.2, 0.25) is 0 Å². The van der Waals surface area contributed by atoms with E-state index in [0.29, 0.717) is 11.3 Å². The number of hydrogen-bond acceptors (Lipinski definition) is 3. The van der Waals surface area contributed by atoms with Gasteiger partial charge in [0, 0.05) is 7.05 Å². The number of sulfonamides is 1. The van der Waals surface area contributed by atoms with Gasteiger partial charge in [0.2, 0.25) is 10.0 Å². The van der Waals surface area contributed by atoms with Crippen LogP contribution in [0.4, 0.5) is 0 Å². The van der Waals surface area contributed by atoms with Gasteiger partial charge in [0.1, 0.15) is 0 Å². The van der Waals surface area contributed by atoms with E-state index >= 15 is 0 Å². The molecular weight excluding hydrogens is 274 g/mol. The molecule has 1 aliphatic rings. The molecule has 0 unspecified atom stereocenters. The summed E-state index contributed by atoms with van der Waals surface area (Å²) in [5.74, 6) is 0. The van der Waals surface area contributed by atoms with Crippen molar-refractivity contribution in [3.63, 3.8) is 0 Å². The number of rotatable bonds is 3. The molecule has 2 atom stereocenters. The first-order valence-electron chi connectivity index (χ1n) is 7.07. The van der Waals surface area contributed by atoms with Crippen LogP contribution in [-0.4, -0.2) is 37.0 Å². The highest BCUT2D eigenvalue weighted by Crippen LogP contribution is 2.28. The Balaban J connectivity index is 2.36. The molecule has 112 valence electrons. The van der Waals surface area contributed by atoms with E-state index in [1.807, 2.05) is 19.1 Å². The van der Waals surface area contributed by atoms with E-state index in [9.17, 15) is 13.5 Å². The van der Waals surface area contributed by atoms with Crippen LogP contribution in [0.25, 0.3) is 0 Å². The highest BCUT2D eigenvalue weighted by Gasteiger charge is 2.34. The normalized spacial score (nSPS) is 24.1. The number of aliphatic hydroxyl groups excluding tert-OH is 1. The monoisotopic (exact) mass is 297 g/mol. The lowest BCUT2D eigenvalue weighted by molar-refractivity contribution is 0.0638. The zero-order chi connectivity index (χ0) is 14.9. The van der Waals surface area contributed by atoms with Crippen molar-refractivity contribution >= 4 is 10.0 Å². The molecule has 20 heavy (non-hydrogen) atoms. The summed E-state index contributed by atoms with van der Waals surface area (Å²) in [7, 11) is -1.97. The van der Waals surface area contributed by atoms with Crippen LogP contribution >= 0.6 is 0 Å². The second-order valence-electron chi connectivity index (χ2n) is 5.71. The maximum absolute atomic E-state index is 12.8. The summed E-state index contributed by atoms with van der Waals surface area (Å²) in [6, 6.07) is 5.13. The Hall–Kier alpha value is -0.910. The van der Waals surface area contributed by atoms with Crippen molar-refractivity contribution in [2.75, 3.05) is 7.05 Å². The molecule has 2 rings (SSSR count). The third-order valence-electron chi connectivity index (χ3n) is 4.16. The largest absolute Gasteiger partial charge is 0.391 e. The SMILES string of the molecule is Cc1ccc(C)c(S(=O)(=O)N(C)[C@H]2CCCC[C@H]2O)c1. The molecule has 0 saturated heterocycles. The average Bonchev–Trinajstić information content (AvgIpc) is 2.41. The van der Waals surface area contributed by atoms with Crippen LogP contribution in [0.15, 0.2) is 23.1 Å². The molecule has 0 aliphatic heterocycles. The van der Waals surface area contributed by atoms with Gasteiger partial charge in [-0.3, -0.25) is 0 Å². The van der Waals surface area contributed by atoms with Crippen LogP contribution in [0.3, 0.4) is 0 Å². The molecule has 0 spiro atoms. The molecule has 1 aromatic rings. The first-order valence-corrected chi connectivity index (χ1v) is 8.51. The average molecular weight is 297 g/mol. The Morgan fingerprint density at radius 2 is 1.85 bits per heavy atom. The first-order chi connectivity index (χ1) is 9.34. The Kier molecular flexibility index (Phi) is 4.52. The number of hydrogen-bond donors (Lipinski definition) is 1. The smallest absolute Gasteiger partial charge is 0.243 e. The maximum Gasteiger partial charge on any atom is 0.243 e. The van der Waals surface area contributed by atoms with E-state index in [-0.39, 0.29) is 6.04 Å². The highest BCUT2D eigenvalue weighted by molar-refractivity contribution is 7.89. The van der Waals surface area contributed by atoms with Gasteiger partial charge in [0.15, 0.2) is 0 Å². The molecule has 1 aliphatic carbocycles. The lowest BCUT2D eigenvalue weighted by Crippen LogP contribution is -2.46. The zero-order valence-electron chi connectivity index (χ0n) is 12.3. The summed E-state index contributed by atoms with van der Waals surface area (Å²) in [4.78, 5) is 0.345. The molecule has 4 nitrogen and oxygen atoms in total. The minimum absolute atomic E-state index is 0.311. The summed E-state index contributed by atoms with van der Waals surface area (Å²) in [5.41, 5.74) is 1.67. The molecule has 1 aromatic carbocycles. The predicted molar refractivity (Wildman–Crippen MR) is 79.1 cm³/mol. The fraction of sp³-hybridized carbons (Fsp3) is 0.600. The summed E-state index contributed by atoms with van der Waals surface area (Å²) in [5, 5.41) is 10.1. The summed E-state index contributed by atoms with van der Waals surface area (Å²) >= 11 is 0. The molecule has 0 amide bonds. The fourth-order valence-electron chi connectivity index (χ4n) is 2.83. The van der Waals surface area contributed by atoms with Gasteiger partial charge in [-0.2, -0.15) is 4.31 Å². The van der Waals surface area contributed by atoms with Crippen molar-refractivity contribution in [2.45, 2.75) is 56.6 Å². The molecule has 1 fully saturated rings. The van der Waals surface area contributed by atoms with Gasteiger partial charge in [-0.1, -0.05) is 25.0 Å². The number of likely N-dealkylation sites (N-methyl/N-ethyl adjacent to an activating group) is 1. The quantitative estimate of drug-likeness (QED) is 0.930. The van der Waals surface area contributed by atoms with Crippen molar-refractivity contribution in [3.05, 3.63) is 29.3 Å². The molecular formula is C15H23NO3S. The summed E-state index contributed by atoms with van der Waals surface area (Å²) in [6.45, 7) is 3.69. The standard InChI is InChI=1S/C15H23NO3S/c1-11-8-9-12(2)15(10-11)20(18,19)16(3)13-6-4-5-7-14(13)17/h8-10,13-14,17H,4-7H2,1-3H3/t13-,14+/m0/s1. The van der Waals surface area contributed by atoms with Crippen molar-refractivity contribution < 1.29 is 13.5 Å². The fourth-order valence-corrected chi connectivity index (χ4v) is 4.56. The second-order valence-corrected chi connectivity index (χ2v) is 7.68. The van der Waals surface area contributed by atoms with Crippen LogP contribution < -0.4 is 0 Å². The topological polar surface area (TPSA) is 57.6 Å². The number of nitrogens with zero attached hydrogens (tertiary/aromatic N) is 1. The number of benzene rings is 1. The van der Waals surface area contributed by atoms with E-state index in [1.165, 1.54) is 4.31 Å². The third kappa shape index (κ3) is 2.90. The highest BCUT2D eigenvalue weighted by atomic mass is 32.2. The zero-order valence-corrected chi connectivity index (χ0v) is 13.2. The van der Waals surface area contributed by atoms with Gasteiger partial charge < -0.3 is 5.11 Å². The second kappa shape index (κ2) is 5.84. The molecule has 1 N–H and O–H groups in total. The molecule has 1 saturated carbocycles. The van der Waals surface area contributed by atoms with Crippen LogP contribution in [0.5, 0.6) is 0 Å². The van der Waals surface area contributed by atoms with Crippen molar-refractivity contribution in [1.29, 1.82) is 0 Å². The van der Waals surface area contributed by atoms with Crippen LogP contribution in [0, 0.1) is 13.8 Å². The van der Waals surface area contributed by atoms with Gasteiger partial charge in [-0.25, -0.2) is 8.42 Å². The van der Waals surface area contributed by atoms with Gasteiger partial charge in [0.25, 0.3) is 0 Å². The van der Waals surface area contributed by atoms with E-state index in [4.69, 9.17) is 0 Å². The summed E-state index contributed by atoms with van der Waals surface area (Å²) in [6.07, 6.45) is 2.77. The van der Waals surface area contributed by atoms with Crippen LogP contribution in [0.1, 0.15) is 36.8 Å². The minimum Gasteiger partial charge on any atom is -0.391 e. The Morgan fingerprint density at radius 1 is 1.20 bits per heavy atom. The predicted octanol–water partition coefficient (Wildman–Crippen LogP) is 2.23. The Labute approximate surface area is 121 Å². The van der Waals surface area contributed by atoms with Gasteiger partial charge >= 0.3 is 0 Å². The number of aliphatic hydroxyl groups is 1. The van der Waals surface area contributed by atoms with Gasteiger partial charge in [0.05, 0.1) is 17.0 Å². The van der Waals surface area contributed by atoms with Crippen LogP contribution in [-0.2, 0) is 10.0 Å². The molecule has 0 aromatic heterocycles. The molecule has 5 heteroatoms. The summed E-state index contributed by atoms with van der Waals surface area (Å²) < 4.78 is 26.9. The van der Waals surface area contributed by atoms with E-state index < -0.39 is 16.1 Å². The van der Waals surface area contributed by atoms with Crippen molar-refractivity contribution in [3.8, 4) is 0 Å². The van der Waals surface area contributed by atoms with Crippen molar-refractivity contribution in [1.82, 2.24) is 4.31 Å². The molecule has 0 radical (unpaired) electrons. The van der Waals surface area contributed by atoms with Gasteiger partial charge in [-0.05, 0) is 43.9 Å². The Bertz CT molecular complexity index is 583. The van der Waals surface area contributed by atoms with Crippen molar-refractivity contribution in [2.24, 2.45) is 0 Å². The van der Waals surface area contributed by atoms with E-state index in [1.54, 1.807) is 20.0 Å². The maximum atomic E-state index is 12.8. The van der Waals surface area contributed by atoms with E-state index in [0.717, 1.165) is 30.4 Å². The lowest BCUT2D eigenvalue weighted by atomic mass is 9.93. The molecule has 0 bridgehead atoms.